The lowest BCUT2D eigenvalue weighted by atomic mass is 10.1. The molecule has 3 rings (SSSR count). The molecule has 0 heterocycles. The van der Waals surface area contributed by atoms with Crippen LogP contribution in [0.2, 0.25) is 0 Å². The smallest absolute Gasteiger partial charge is 0.227 e. The first kappa shape index (κ1) is 19.8. The SMILES string of the molecule is CC(NC(=O)Cc1ccc(N)cc1)c1ccc(NC(=O)C2CC2)cc1.Cl. The quantitative estimate of drug-likeness (QED) is 0.678. The monoisotopic (exact) mass is 373 g/mol. The number of halogens is 1. The van der Waals surface area contributed by atoms with Crippen molar-refractivity contribution in [2.24, 2.45) is 5.92 Å². The third-order valence-corrected chi connectivity index (χ3v) is 4.35. The summed E-state index contributed by atoms with van der Waals surface area (Å²) in [5, 5.41) is 5.90. The summed E-state index contributed by atoms with van der Waals surface area (Å²) in [7, 11) is 0. The zero-order valence-corrected chi connectivity index (χ0v) is 15.5. The Hall–Kier alpha value is -2.53. The van der Waals surface area contributed by atoms with Gasteiger partial charge in [-0.05, 0) is 55.2 Å². The number of hydrogen-bond acceptors (Lipinski definition) is 3. The number of nitrogen functional groups attached to an aromatic ring is 1. The summed E-state index contributed by atoms with van der Waals surface area (Å²) in [4.78, 5) is 23.9. The molecule has 1 atom stereocenters. The number of amides is 2. The molecule has 1 aliphatic carbocycles. The van der Waals surface area contributed by atoms with E-state index in [2.05, 4.69) is 10.6 Å². The molecule has 1 fully saturated rings. The third-order valence-electron chi connectivity index (χ3n) is 4.35. The normalized spacial score (nSPS) is 14.0. The molecule has 1 saturated carbocycles. The highest BCUT2D eigenvalue weighted by molar-refractivity contribution is 5.94. The van der Waals surface area contributed by atoms with Gasteiger partial charge in [0.2, 0.25) is 11.8 Å². The van der Waals surface area contributed by atoms with Crippen LogP contribution in [0.5, 0.6) is 0 Å². The van der Waals surface area contributed by atoms with Crippen LogP contribution in [0.1, 0.15) is 36.9 Å². The van der Waals surface area contributed by atoms with Crippen molar-refractivity contribution in [2.45, 2.75) is 32.2 Å². The minimum absolute atomic E-state index is 0. The first-order chi connectivity index (χ1) is 12.0. The number of nitrogens with two attached hydrogens (primary N) is 1. The number of anilines is 2. The van der Waals surface area contributed by atoms with Crippen molar-refractivity contribution in [1.29, 1.82) is 0 Å². The molecule has 138 valence electrons. The molecule has 26 heavy (non-hydrogen) atoms. The molecule has 6 heteroatoms. The Labute approximate surface area is 159 Å². The number of rotatable bonds is 6. The largest absolute Gasteiger partial charge is 0.399 e. The summed E-state index contributed by atoms with van der Waals surface area (Å²) in [5.41, 5.74) is 9.05. The molecule has 0 saturated heterocycles. The predicted octanol–water partition coefficient (Wildman–Crippen LogP) is 3.46. The van der Waals surface area contributed by atoms with Gasteiger partial charge in [0.1, 0.15) is 0 Å². The summed E-state index contributed by atoms with van der Waals surface area (Å²) in [6.45, 7) is 1.94. The molecular weight excluding hydrogens is 350 g/mol. The molecule has 1 unspecified atom stereocenters. The van der Waals surface area contributed by atoms with E-state index < -0.39 is 0 Å². The van der Waals surface area contributed by atoms with Crippen LogP contribution in [0.15, 0.2) is 48.5 Å². The van der Waals surface area contributed by atoms with E-state index in [1.807, 2.05) is 43.3 Å². The minimum atomic E-state index is -0.102. The highest BCUT2D eigenvalue weighted by atomic mass is 35.5. The van der Waals surface area contributed by atoms with E-state index in [-0.39, 0.29) is 36.2 Å². The standard InChI is InChI=1S/C20H23N3O2.ClH/c1-13(22-19(24)12-14-2-8-17(21)9-3-14)15-6-10-18(11-7-15)23-20(25)16-4-5-16;/h2-3,6-11,13,16H,4-5,12,21H2,1H3,(H,22,24)(H,23,25);1H. The van der Waals surface area contributed by atoms with Crippen molar-refractivity contribution in [2.75, 3.05) is 11.1 Å². The maximum atomic E-state index is 12.2. The molecule has 2 aromatic carbocycles. The van der Waals surface area contributed by atoms with E-state index in [0.717, 1.165) is 29.7 Å². The van der Waals surface area contributed by atoms with Gasteiger partial charge >= 0.3 is 0 Å². The fourth-order valence-corrected chi connectivity index (χ4v) is 2.64. The van der Waals surface area contributed by atoms with Crippen LogP contribution >= 0.6 is 12.4 Å². The maximum absolute atomic E-state index is 12.2. The number of carbonyl (C=O) groups excluding carboxylic acids is 2. The van der Waals surface area contributed by atoms with Crippen molar-refractivity contribution in [3.8, 4) is 0 Å². The zero-order valence-electron chi connectivity index (χ0n) is 14.7. The van der Waals surface area contributed by atoms with Gasteiger partial charge in [0.15, 0.2) is 0 Å². The lowest BCUT2D eigenvalue weighted by molar-refractivity contribution is -0.121. The minimum Gasteiger partial charge on any atom is -0.399 e. The first-order valence-electron chi connectivity index (χ1n) is 8.56. The van der Waals surface area contributed by atoms with Gasteiger partial charge in [0.25, 0.3) is 0 Å². The molecule has 1 aliphatic rings. The van der Waals surface area contributed by atoms with E-state index in [1.54, 1.807) is 12.1 Å². The lowest BCUT2D eigenvalue weighted by Crippen LogP contribution is -2.28. The Kier molecular flexibility index (Phi) is 6.64. The van der Waals surface area contributed by atoms with Crippen molar-refractivity contribution >= 4 is 35.6 Å². The van der Waals surface area contributed by atoms with Crippen molar-refractivity contribution in [3.05, 3.63) is 59.7 Å². The summed E-state index contributed by atoms with van der Waals surface area (Å²) in [5.74, 6) is 0.243. The maximum Gasteiger partial charge on any atom is 0.227 e. The highest BCUT2D eigenvalue weighted by Gasteiger charge is 2.29. The molecular formula is C20H24ClN3O2. The molecule has 4 N–H and O–H groups in total. The van der Waals surface area contributed by atoms with Gasteiger partial charge < -0.3 is 16.4 Å². The van der Waals surface area contributed by atoms with Gasteiger partial charge in [-0.2, -0.15) is 0 Å². The van der Waals surface area contributed by atoms with E-state index >= 15 is 0 Å². The first-order valence-corrected chi connectivity index (χ1v) is 8.56. The molecule has 0 radical (unpaired) electrons. The van der Waals surface area contributed by atoms with Gasteiger partial charge in [0.05, 0.1) is 12.5 Å². The van der Waals surface area contributed by atoms with E-state index in [1.165, 1.54) is 0 Å². The van der Waals surface area contributed by atoms with E-state index in [9.17, 15) is 9.59 Å². The second-order valence-electron chi connectivity index (χ2n) is 6.59. The summed E-state index contributed by atoms with van der Waals surface area (Å²) in [6, 6.07) is 14.8. The summed E-state index contributed by atoms with van der Waals surface area (Å²) in [6.07, 6.45) is 2.29. The van der Waals surface area contributed by atoms with Crippen LogP contribution in [0.4, 0.5) is 11.4 Å². The summed E-state index contributed by atoms with van der Waals surface area (Å²) >= 11 is 0. The number of benzene rings is 2. The summed E-state index contributed by atoms with van der Waals surface area (Å²) < 4.78 is 0. The molecule has 0 aromatic heterocycles. The zero-order chi connectivity index (χ0) is 17.8. The Morgan fingerprint density at radius 1 is 1.08 bits per heavy atom. The molecule has 0 aliphatic heterocycles. The van der Waals surface area contributed by atoms with Crippen LogP contribution in [-0.2, 0) is 16.0 Å². The predicted molar refractivity (Wildman–Crippen MR) is 106 cm³/mol. The van der Waals surface area contributed by atoms with Gasteiger partial charge in [0, 0.05) is 17.3 Å². The van der Waals surface area contributed by atoms with Crippen LogP contribution in [0.25, 0.3) is 0 Å². The molecule has 2 amide bonds. The van der Waals surface area contributed by atoms with Crippen molar-refractivity contribution in [3.63, 3.8) is 0 Å². The average molecular weight is 374 g/mol. The Morgan fingerprint density at radius 3 is 2.27 bits per heavy atom. The van der Waals surface area contributed by atoms with Crippen LogP contribution < -0.4 is 16.4 Å². The number of carbonyl (C=O) groups is 2. The van der Waals surface area contributed by atoms with Crippen LogP contribution in [0, 0.1) is 5.92 Å². The molecule has 5 nitrogen and oxygen atoms in total. The Balaban J connectivity index is 0.00000243. The lowest BCUT2D eigenvalue weighted by Gasteiger charge is -2.15. The van der Waals surface area contributed by atoms with Crippen molar-refractivity contribution in [1.82, 2.24) is 5.32 Å². The second kappa shape index (κ2) is 8.72. The number of hydrogen-bond donors (Lipinski definition) is 3. The third kappa shape index (κ3) is 5.49. The van der Waals surface area contributed by atoms with Gasteiger partial charge in [-0.1, -0.05) is 24.3 Å². The van der Waals surface area contributed by atoms with Crippen LogP contribution in [0.3, 0.4) is 0 Å². The van der Waals surface area contributed by atoms with E-state index in [0.29, 0.717) is 12.1 Å². The van der Waals surface area contributed by atoms with Crippen LogP contribution in [-0.4, -0.2) is 11.8 Å². The molecule has 0 spiro atoms. The fourth-order valence-electron chi connectivity index (χ4n) is 2.64. The van der Waals surface area contributed by atoms with Gasteiger partial charge in [-0.25, -0.2) is 0 Å². The van der Waals surface area contributed by atoms with Gasteiger partial charge in [-0.3, -0.25) is 9.59 Å². The molecule has 2 aromatic rings. The van der Waals surface area contributed by atoms with Crippen molar-refractivity contribution < 1.29 is 9.59 Å². The Morgan fingerprint density at radius 2 is 1.69 bits per heavy atom. The van der Waals surface area contributed by atoms with E-state index in [4.69, 9.17) is 5.73 Å². The Bertz CT molecular complexity index is 756. The highest BCUT2D eigenvalue weighted by Crippen LogP contribution is 2.30. The average Bonchev–Trinajstić information content (AvgIpc) is 3.42. The fraction of sp³-hybridized carbons (Fsp3) is 0.300. The second-order valence-corrected chi connectivity index (χ2v) is 6.59. The molecule has 0 bridgehead atoms. The number of nitrogens with one attached hydrogen (secondary N) is 2. The van der Waals surface area contributed by atoms with Gasteiger partial charge in [-0.15, -0.1) is 12.4 Å². The topological polar surface area (TPSA) is 84.2 Å².